The molecule has 0 spiro atoms. The summed E-state index contributed by atoms with van der Waals surface area (Å²) in [6, 6.07) is 11.4. The number of carbonyl (C=O) groups excluding carboxylic acids is 6. The summed E-state index contributed by atoms with van der Waals surface area (Å²) in [4.78, 5) is 104. The van der Waals surface area contributed by atoms with E-state index in [2.05, 4.69) is 51.8 Å². The minimum atomic E-state index is -1.29. The number of rotatable bonds is 23. The van der Waals surface area contributed by atoms with Crippen LogP contribution in [0, 0.1) is 0 Å². The number of guanidine groups is 1. The summed E-state index contributed by atoms with van der Waals surface area (Å²) < 4.78 is 0. The molecule has 0 aliphatic rings. The molecule has 0 unspecified atom stereocenters. The van der Waals surface area contributed by atoms with E-state index in [9.17, 15) is 33.6 Å². The van der Waals surface area contributed by atoms with Crippen molar-refractivity contribution in [1.29, 1.82) is 0 Å². The number of amides is 6. The zero-order valence-corrected chi connectivity index (χ0v) is 32.0. The third-order valence-electron chi connectivity index (χ3n) is 8.86. The zero-order chi connectivity index (χ0) is 42.7. The van der Waals surface area contributed by atoms with Gasteiger partial charge in [0, 0.05) is 54.8 Å². The molecule has 15 N–H and O–H groups in total. The molecule has 0 saturated heterocycles. The van der Waals surface area contributed by atoms with Crippen molar-refractivity contribution in [3.8, 4) is 0 Å². The molecule has 0 aliphatic carbocycles. The van der Waals surface area contributed by atoms with Crippen molar-refractivity contribution in [3.63, 3.8) is 0 Å². The van der Waals surface area contributed by atoms with Crippen molar-refractivity contribution in [1.82, 2.24) is 46.9 Å². The van der Waals surface area contributed by atoms with Gasteiger partial charge in [-0.3, -0.25) is 38.6 Å². The van der Waals surface area contributed by atoms with Gasteiger partial charge in [-0.2, -0.15) is 0 Å². The third kappa shape index (κ3) is 15.0. The summed E-state index contributed by atoms with van der Waals surface area (Å²) in [6.45, 7) is -1.66. The molecule has 59 heavy (non-hydrogen) atoms. The Kier molecular flexibility index (Phi) is 16.9. The molecule has 4 atom stereocenters. The number of hydrogen-bond donors (Lipinski definition) is 12. The first-order chi connectivity index (χ1) is 28.3. The lowest BCUT2D eigenvalue weighted by Crippen LogP contribution is -2.58. The number of H-pyrrole nitrogens is 2. The third-order valence-corrected chi connectivity index (χ3v) is 8.86. The maximum Gasteiger partial charge on any atom is 0.322 e. The number of para-hydroxylation sites is 1. The molecule has 0 saturated carbocycles. The highest BCUT2D eigenvalue weighted by molar-refractivity contribution is 5.96. The van der Waals surface area contributed by atoms with Crippen molar-refractivity contribution in [3.05, 3.63) is 90.1 Å². The van der Waals surface area contributed by atoms with Crippen LogP contribution in [0.25, 0.3) is 10.9 Å². The molecule has 2 heterocycles. The summed E-state index contributed by atoms with van der Waals surface area (Å²) >= 11 is 0. The van der Waals surface area contributed by atoms with Gasteiger partial charge in [-0.05, 0) is 30.0 Å². The minimum absolute atomic E-state index is 0.00741. The molecule has 4 aromatic rings. The number of aromatic nitrogens is 3. The van der Waals surface area contributed by atoms with Gasteiger partial charge in [-0.15, -0.1) is 0 Å². The normalized spacial score (nSPS) is 12.8. The van der Waals surface area contributed by atoms with Crippen molar-refractivity contribution in [2.45, 2.75) is 56.3 Å². The quantitative estimate of drug-likeness (QED) is 0.0205. The fourth-order valence-corrected chi connectivity index (χ4v) is 5.88. The van der Waals surface area contributed by atoms with Crippen LogP contribution in [0.15, 0.2) is 78.3 Å². The predicted molar refractivity (Wildman–Crippen MR) is 215 cm³/mol. The molecule has 0 aliphatic heterocycles. The van der Waals surface area contributed by atoms with E-state index in [1.165, 1.54) is 12.5 Å². The summed E-state index contributed by atoms with van der Waals surface area (Å²) in [5, 5.41) is 24.5. The Balaban J connectivity index is 1.54. The van der Waals surface area contributed by atoms with E-state index in [0.717, 1.165) is 10.9 Å². The van der Waals surface area contributed by atoms with Crippen LogP contribution in [0.4, 0.5) is 0 Å². The number of carboxylic acids is 1. The van der Waals surface area contributed by atoms with Gasteiger partial charge >= 0.3 is 5.97 Å². The maximum absolute atomic E-state index is 14.1. The van der Waals surface area contributed by atoms with Crippen LogP contribution < -0.4 is 49.1 Å². The fraction of sp³-hybridized carbons (Fsp3) is 0.342. The molecular weight excluding hydrogens is 767 g/mol. The second-order valence-corrected chi connectivity index (χ2v) is 13.4. The lowest BCUT2D eigenvalue weighted by molar-refractivity contribution is -0.137. The number of nitrogens with one attached hydrogen (secondary N) is 8. The van der Waals surface area contributed by atoms with Gasteiger partial charge in [0.1, 0.15) is 24.7 Å². The van der Waals surface area contributed by atoms with Gasteiger partial charge in [0.25, 0.3) is 0 Å². The Morgan fingerprint density at radius 3 is 2.03 bits per heavy atom. The minimum Gasteiger partial charge on any atom is -0.480 e. The number of aliphatic carboxylic acids is 1. The Labute approximate surface area is 338 Å². The second kappa shape index (κ2) is 22.5. The van der Waals surface area contributed by atoms with Crippen molar-refractivity contribution in [2.24, 2.45) is 22.2 Å². The summed E-state index contributed by atoms with van der Waals surface area (Å²) in [6.07, 6.45) is 5.01. The number of aliphatic imine (C=N–C) groups is 1. The van der Waals surface area contributed by atoms with E-state index in [0.29, 0.717) is 16.8 Å². The summed E-state index contributed by atoms with van der Waals surface area (Å²) in [5.41, 5.74) is 19.9. The number of aromatic amines is 2. The maximum atomic E-state index is 14.1. The Bertz CT molecular complexity index is 2080. The average molecular weight is 816 g/mol. The Morgan fingerprint density at radius 2 is 1.34 bits per heavy atom. The van der Waals surface area contributed by atoms with Gasteiger partial charge in [-0.1, -0.05) is 48.5 Å². The van der Waals surface area contributed by atoms with Gasteiger partial charge in [0.15, 0.2) is 5.96 Å². The number of benzene rings is 2. The van der Waals surface area contributed by atoms with Gasteiger partial charge in [-0.25, -0.2) is 4.98 Å². The number of imidazole rings is 1. The van der Waals surface area contributed by atoms with E-state index < -0.39 is 85.2 Å². The zero-order valence-electron chi connectivity index (χ0n) is 32.0. The standard InChI is InChI=1S/C38H49N13O8/c39-26(15-24-17-42-21-48-24)34(56)50-29(13-22-7-2-1-3-8-22)37(59)49-28(11-6-12-43-38(40)41)36(58)51-30(14-23-16-44-27-10-5-4-9-25(23)27)35(57)47-19-32(53)45-18-31(52)46-20-33(54)55/h1-5,7-10,16-17,21,26,28-30,44H,6,11-15,18-20,39H2,(H,42,48)(H,45,53)(H,46,52)(H,47,57)(H,49,59)(H,50,56)(H,51,58)(H,54,55)(H4,40,41,43)/t26-,28-,29-,30-/m0/s1. The largest absolute Gasteiger partial charge is 0.480 e. The van der Waals surface area contributed by atoms with E-state index in [1.807, 2.05) is 18.2 Å². The second-order valence-electron chi connectivity index (χ2n) is 13.4. The fourth-order valence-electron chi connectivity index (χ4n) is 5.88. The number of hydrogen-bond acceptors (Lipinski definition) is 10. The smallest absolute Gasteiger partial charge is 0.322 e. The number of carboxylic acid groups (broad SMARTS) is 1. The van der Waals surface area contributed by atoms with Gasteiger partial charge in [0.05, 0.1) is 25.5 Å². The highest BCUT2D eigenvalue weighted by Gasteiger charge is 2.31. The average Bonchev–Trinajstić information content (AvgIpc) is 3.89. The van der Waals surface area contributed by atoms with E-state index >= 15 is 0 Å². The predicted octanol–water partition coefficient (Wildman–Crippen LogP) is -2.81. The van der Waals surface area contributed by atoms with Crippen LogP contribution in [0.5, 0.6) is 0 Å². The molecule has 0 fully saturated rings. The first-order valence-corrected chi connectivity index (χ1v) is 18.6. The topological polar surface area (TPSA) is 347 Å². The number of fused-ring (bicyclic) bond motifs is 1. The number of nitrogens with two attached hydrogens (primary N) is 3. The Morgan fingerprint density at radius 1 is 0.712 bits per heavy atom. The molecule has 21 nitrogen and oxygen atoms in total. The number of nitrogens with zero attached hydrogens (tertiary/aromatic N) is 2. The first-order valence-electron chi connectivity index (χ1n) is 18.6. The van der Waals surface area contributed by atoms with E-state index in [4.69, 9.17) is 22.3 Å². The van der Waals surface area contributed by atoms with Crippen LogP contribution in [0.1, 0.15) is 29.7 Å². The van der Waals surface area contributed by atoms with Crippen LogP contribution in [-0.4, -0.2) is 118 Å². The number of carbonyl (C=O) groups is 7. The van der Waals surface area contributed by atoms with Crippen molar-refractivity contribution in [2.75, 3.05) is 26.2 Å². The molecule has 2 aromatic carbocycles. The van der Waals surface area contributed by atoms with Crippen molar-refractivity contribution < 1.29 is 38.7 Å². The summed E-state index contributed by atoms with van der Waals surface area (Å²) in [5.74, 6) is -5.81. The monoisotopic (exact) mass is 815 g/mol. The molecule has 6 amide bonds. The highest BCUT2D eigenvalue weighted by Crippen LogP contribution is 2.19. The molecule has 314 valence electrons. The molecule has 0 bridgehead atoms. The SMILES string of the molecule is NC(N)=NCCC[C@H](NC(=O)[C@H](Cc1ccccc1)NC(=O)[C@@H](N)Cc1cnc[nH]1)C(=O)N[C@@H](Cc1c[nH]c2ccccc12)C(=O)NCC(=O)NCC(=O)NCC(=O)O. The first kappa shape index (κ1) is 44.4. The van der Waals surface area contributed by atoms with Gasteiger partial charge < -0.3 is 64.2 Å². The van der Waals surface area contributed by atoms with Crippen molar-refractivity contribution >= 4 is 58.3 Å². The molecule has 0 radical (unpaired) electrons. The van der Waals surface area contributed by atoms with Crippen LogP contribution in [0.2, 0.25) is 0 Å². The lowest BCUT2D eigenvalue weighted by atomic mass is 10.0. The lowest BCUT2D eigenvalue weighted by Gasteiger charge is -2.26. The van der Waals surface area contributed by atoms with E-state index in [1.54, 1.807) is 42.6 Å². The summed E-state index contributed by atoms with van der Waals surface area (Å²) in [7, 11) is 0. The van der Waals surface area contributed by atoms with Crippen LogP contribution >= 0.6 is 0 Å². The molecule has 2 aromatic heterocycles. The molecule has 21 heteroatoms. The Hall–Kier alpha value is -7.29. The molecular formula is C38H49N13O8. The van der Waals surface area contributed by atoms with Crippen LogP contribution in [-0.2, 0) is 52.8 Å². The van der Waals surface area contributed by atoms with E-state index in [-0.39, 0.29) is 44.6 Å². The highest BCUT2D eigenvalue weighted by atomic mass is 16.4. The molecule has 4 rings (SSSR count). The van der Waals surface area contributed by atoms with Gasteiger partial charge in [0.2, 0.25) is 35.4 Å². The van der Waals surface area contributed by atoms with Crippen LogP contribution in [0.3, 0.4) is 0 Å².